The van der Waals surface area contributed by atoms with E-state index in [2.05, 4.69) is 5.32 Å². The summed E-state index contributed by atoms with van der Waals surface area (Å²) in [6.45, 7) is 1.46. The fourth-order valence-corrected chi connectivity index (χ4v) is 1.61. The first-order chi connectivity index (χ1) is 5.24. The summed E-state index contributed by atoms with van der Waals surface area (Å²) in [5, 5.41) is 3.14. The second kappa shape index (κ2) is 3.72. The summed E-state index contributed by atoms with van der Waals surface area (Å²) < 4.78 is 5.11. The lowest BCUT2D eigenvalue weighted by Crippen LogP contribution is -2.35. The van der Waals surface area contributed by atoms with E-state index in [0.717, 1.165) is 19.3 Å². The average Bonchev–Trinajstić information content (AvgIpc) is 2.34. The molecule has 0 amide bonds. The van der Waals surface area contributed by atoms with Crippen LogP contribution in [0.5, 0.6) is 0 Å². The van der Waals surface area contributed by atoms with Crippen LogP contribution in [0.3, 0.4) is 0 Å². The molecule has 1 rings (SSSR count). The van der Waals surface area contributed by atoms with Crippen LogP contribution in [-0.4, -0.2) is 25.2 Å². The van der Waals surface area contributed by atoms with Gasteiger partial charge in [-0.3, -0.25) is 4.79 Å². The highest BCUT2D eigenvalue weighted by Crippen LogP contribution is 2.21. The van der Waals surface area contributed by atoms with Gasteiger partial charge in [0.15, 0.2) is 0 Å². The highest BCUT2D eigenvalue weighted by Gasteiger charge is 2.27. The molecule has 0 radical (unpaired) electrons. The minimum absolute atomic E-state index is 0.109. The topological polar surface area (TPSA) is 38.3 Å². The van der Waals surface area contributed by atoms with Crippen molar-refractivity contribution in [1.29, 1.82) is 0 Å². The van der Waals surface area contributed by atoms with Crippen LogP contribution in [0.25, 0.3) is 0 Å². The van der Waals surface area contributed by atoms with E-state index in [4.69, 9.17) is 4.74 Å². The number of rotatable bonds is 2. The normalized spacial score (nSPS) is 30.4. The molecular weight excluding hydrogens is 142 g/mol. The van der Waals surface area contributed by atoms with E-state index >= 15 is 0 Å². The van der Waals surface area contributed by atoms with Crippen LogP contribution in [0, 0.1) is 0 Å². The molecule has 2 atom stereocenters. The molecule has 3 nitrogen and oxygen atoms in total. The van der Waals surface area contributed by atoms with Crippen LogP contribution in [-0.2, 0) is 9.53 Å². The molecule has 1 N–H and O–H groups in total. The quantitative estimate of drug-likeness (QED) is 0.599. The maximum Gasteiger partial charge on any atom is 0.302 e. The maximum atomic E-state index is 10.6. The summed E-state index contributed by atoms with van der Waals surface area (Å²) >= 11 is 0. The van der Waals surface area contributed by atoms with Crippen molar-refractivity contribution in [2.45, 2.75) is 38.3 Å². The number of carbonyl (C=O) groups is 1. The monoisotopic (exact) mass is 157 g/mol. The maximum absolute atomic E-state index is 10.6. The molecule has 0 heterocycles. The number of likely N-dealkylation sites (N-methyl/N-ethyl adjacent to an activating group) is 1. The predicted octanol–water partition coefficient (Wildman–Crippen LogP) is 0.690. The molecule has 0 aromatic heterocycles. The third-order valence-corrected chi connectivity index (χ3v) is 2.14. The molecule has 0 spiro atoms. The van der Waals surface area contributed by atoms with Crippen LogP contribution < -0.4 is 5.32 Å². The van der Waals surface area contributed by atoms with Crippen molar-refractivity contribution in [3.05, 3.63) is 0 Å². The summed E-state index contributed by atoms with van der Waals surface area (Å²) in [5.74, 6) is -0.169. The molecular formula is C8H15NO2. The van der Waals surface area contributed by atoms with Crippen molar-refractivity contribution in [2.24, 2.45) is 0 Å². The van der Waals surface area contributed by atoms with Gasteiger partial charge in [0.25, 0.3) is 0 Å². The van der Waals surface area contributed by atoms with Crippen LogP contribution in [0.2, 0.25) is 0 Å². The van der Waals surface area contributed by atoms with E-state index in [9.17, 15) is 4.79 Å². The Morgan fingerprint density at radius 1 is 1.55 bits per heavy atom. The first kappa shape index (κ1) is 8.53. The molecule has 0 aromatic rings. The molecule has 0 unspecified atom stereocenters. The first-order valence-corrected chi connectivity index (χ1v) is 4.08. The van der Waals surface area contributed by atoms with Gasteiger partial charge in [-0.1, -0.05) is 0 Å². The van der Waals surface area contributed by atoms with Crippen LogP contribution >= 0.6 is 0 Å². The molecule has 11 heavy (non-hydrogen) atoms. The molecule has 0 aromatic carbocycles. The van der Waals surface area contributed by atoms with Gasteiger partial charge in [0, 0.05) is 13.0 Å². The van der Waals surface area contributed by atoms with Crippen molar-refractivity contribution >= 4 is 5.97 Å². The highest BCUT2D eigenvalue weighted by atomic mass is 16.5. The molecule has 64 valence electrons. The molecule has 0 saturated heterocycles. The molecule has 1 saturated carbocycles. The molecule has 3 heteroatoms. The van der Waals surface area contributed by atoms with Gasteiger partial charge in [-0.05, 0) is 26.3 Å². The fourth-order valence-electron chi connectivity index (χ4n) is 1.61. The molecule has 1 aliphatic rings. The summed E-state index contributed by atoms with van der Waals surface area (Å²) in [7, 11) is 1.91. The van der Waals surface area contributed by atoms with E-state index in [1.54, 1.807) is 0 Å². The smallest absolute Gasteiger partial charge is 0.302 e. The van der Waals surface area contributed by atoms with Gasteiger partial charge in [-0.2, -0.15) is 0 Å². The Morgan fingerprint density at radius 2 is 2.27 bits per heavy atom. The molecule has 1 fully saturated rings. The minimum atomic E-state index is -0.169. The number of hydrogen-bond donors (Lipinski definition) is 1. The van der Waals surface area contributed by atoms with Gasteiger partial charge >= 0.3 is 5.97 Å². The van der Waals surface area contributed by atoms with E-state index in [1.807, 2.05) is 7.05 Å². The van der Waals surface area contributed by atoms with E-state index in [1.165, 1.54) is 6.92 Å². The summed E-state index contributed by atoms with van der Waals surface area (Å²) in [6.07, 6.45) is 3.39. The van der Waals surface area contributed by atoms with Crippen LogP contribution in [0.15, 0.2) is 0 Å². The van der Waals surface area contributed by atoms with Crippen molar-refractivity contribution in [1.82, 2.24) is 5.32 Å². The van der Waals surface area contributed by atoms with Gasteiger partial charge < -0.3 is 10.1 Å². The SMILES string of the molecule is CN[C@@H]1CCC[C@H]1OC(C)=O. The second-order valence-corrected chi connectivity index (χ2v) is 2.97. The fraction of sp³-hybridized carbons (Fsp3) is 0.875. The third kappa shape index (κ3) is 2.19. The van der Waals surface area contributed by atoms with Crippen LogP contribution in [0.4, 0.5) is 0 Å². The van der Waals surface area contributed by atoms with Gasteiger partial charge in [0.2, 0.25) is 0 Å². The van der Waals surface area contributed by atoms with E-state index < -0.39 is 0 Å². The Bertz CT molecular complexity index is 147. The molecule has 1 aliphatic carbocycles. The van der Waals surface area contributed by atoms with Gasteiger partial charge in [-0.25, -0.2) is 0 Å². The first-order valence-electron chi connectivity index (χ1n) is 4.08. The lowest BCUT2D eigenvalue weighted by Gasteiger charge is -2.18. The molecule has 0 aliphatic heterocycles. The summed E-state index contributed by atoms with van der Waals surface area (Å²) in [6, 6.07) is 0.374. The van der Waals surface area contributed by atoms with Gasteiger partial charge in [-0.15, -0.1) is 0 Å². The zero-order chi connectivity index (χ0) is 8.27. The van der Waals surface area contributed by atoms with Gasteiger partial charge in [0.1, 0.15) is 6.10 Å². The Morgan fingerprint density at radius 3 is 2.82 bits per heavy atom. The number of esters is 1. The van der Waals surface area contributed by atoms with Crippen molar-refractivity contribution in [2.75, 3.05) is 7.05 Å². The summed E-state index contributed by atoms with van der Waals surface area (Å²) in [5.41, 5.74) is 0. The van der Waals surface area contributed by atoms with Crippen molar-refractivity contribution in [3.63, 3.8) is 0 Å². The number of carbonyl (C=O) groups excluding carboxylic acids is 1. The average molecular weight is 157 g/mol. The summed E-state index contributed by atoms with van der Waals surface area (Å²) in [4.78, 5) is 10.6. The lowest BCUT2D eigenvalue weighted by molar-refractivity contribution is -0.146. The third-order valence-electron chi connectivity index (χ3n) is 2.14. The molecule has 0 bridgehead atoms. The van der Waals surface area contributed by atoms with E-state index in [-0.39, 0.29) is 12.1 Å². The lowest BCUT2D eigenvalue weighted by atomic mass is 10.2. The van der Waals surface area contributed by atoms with Gasteiger partial charge in [0.05, 0.1) is 0 Å². The second-order valence-electron chi connectivity index (χ2n) is 2.97. The Kier molecular flexibility index (Phi) is 2.88. The minimum Gasteiger partial charge on any atom is -0.461 e. The van der Waals surface area contributed by atoms with Crippen molar-refractivity contribution in [3.8, 4) is 0 Å². The Balaban J connectivity index is 2.37. The Hall–Kier alpha value is -0.570. The predicted molar refractivity (Wildman–Crippen MR) is 42.3 cm³/mol. The van der Waals surface area contributed by atoms with E-state index in [0.29, 0.717) is 6.04 Å². The standard InChI is InChI=1S/C8H15NO2/c1-6(10)11-8-5-3-4-7(8)9-2/h7-9H,3-5H2,1-2H3/t7-,8-/m1/s1. The largest absolute Gasteiger partial charge is 0.461 e. The van der Waals surface area contributed by atoms with Crippen LogP contribution in [0.1, 0.15) is 26.2 Å². The number of hydrogen-bond acceptors (Lipinski definition) is 3. The highest BCUT2D eigenvalue weighted by molar-refractivity contribution is 5.66. The zero-order valence-electron chi connectivity index (χ0n) is 7.09. The van der Waals surface area contributed by atoms with Crippen molar-refractivity contribution < 1.29 is 9.53 Å². The number of nitrogens with one attached hydrogen (secondary N) is 1. The zero-order valence-corrected chi connectivity index (χ0v) is 7.09. The number of ether oxygens (including phenoxy) is 1. The Labute approximate surface area is 67.1 Å².